The maximum absolute atomic E-state index is 12.4. The summed E-state index contributed by atoms with van der Waals surface area (Å²) in [5.74, 6) is -0.154. The summed E-state index contributed by atoms with van der Waals surface area (Å²) >= 11 is 0. The zero-order valence-electron chi connectivity index (χ0n) is 14.7. The summed E-state index contributed by atoms with van der Waals surface area (Å²) in [6.45, 7) is 5.94. The van der Waals surface area contributed by atoms with E-state index in [-0.39, 0.29) is 0 Å². The number of anilines is 1. The van der Waals surface area contributed by atoms with Crippen LogP contribution in [0.25, 0.3) is 0 Å². The van der Waals surface area contributed by atoms with Crippen molar-refractivity contribution in [1.82, 2.24) is 0 Å². The second-order valence-corrected chi connectivity index (χ2v) is 12.9. The number of nitrogens with zero attached hydrogens (tertiary/aromatic N) is 1. The van der Waals surface area contributed by atoms with E-state index in [4.69, 9.17) is 13.9 Å². The van der Waals surface area contributed by atoms with Crippen LogP contribution in [0.1, 0.15) is 11.7 Å². The van der Waals surface area contributed by atoms with Gasteiger partial charge in [-0.3, -0.25) is 4.31 Å². The van der Waals surface area contributed by atoms with Crippen molar-refractivity contribution < 1.29 is 27.1 Å². The summed E-state index contributed by atoms with van der Waals surface area (Å²) < 4.78 is 42.0. The highest BCUT2D eigenvalue weighted by molar-refractivity contribution is 7.92. The Labute approximate surface area is 143 Å². The Kier molecular flexibility index (Phi) is 4.98. The molecule has 7 nitrogen and oxygen atoms in total. The molecule has 2 rings (SSSR count). The van der Waals surface area contributed by atoms with Crippen LogP contribution in [0.3, 0.4) is 0 Å². The first-order valence-electron chi connectivity index (χ1n) is 7.42. The van der Waals surface area contributed by atoms with Crippen LogP contribution >= 0.6 is 0 Å². The van der Waals surface area contributed by atoms with E-state index in [1.807, 2.05) is 19.6 Å². The Morgan fingerprint density at radius 3 is 2.29 bits per heavy atom. The molecule has 1 aromatic carbocycles. The third-order valence-electron chi connectivity index (χ3n) is 3.60. The van der Waals surface area contributed by atoms with Gasteiger partial charge < -0.3 is 13.9 Å². The average Bonchev–Trinajstić information content (AvgIpc) is 2.78. The van der Waals surface area contributed by atoms with E-state index in [2.05, 4.69) is 0 Å². The maximum Gasteiger partial charge on any atom is 0.332 e. The highest BCUT2D eigenvalue weighted by Crippen LogP contribution is 2.46. The van der Waals surface area contributed by atoms with Gasteiger partial charge >= 0.3 is 5.97 Å². The number of benzene rings is 1. The van der Waals surface area contributed by atoms with E-state index in [0.29, 0.717) is 17.0 Å². The van der Waals surface area contributed by atoms with Crippen LogP contribution in [0.2, 0.25) is 19.6 Å². The standard InChI is InChI=1S/C15H23NO6SSi/c1-20-10-7-8-11-12(9-10)16(23(3,18)19)13(15(17)21-2)14(11)22-24(4,5)6/h7-9,13-14H,1-6H3. The number of esters is 1. The van der Waals surface area contributed by atoms with Crippen LogP contribution in [-0.2, 0) is 24.0 Å². The van der Waals surface area contributed by atoms with Gasteiger partial charge in [0.1, 0.15) is 11.9 Å². The van der Waals surface area contributed by atoms with Crippen LogP contribution in [0.15, 0.2) is 18.2 Å². The monoisotopic (exact) mass is 373 g/mol. The summed E-state index contributed by atoms with van der Waals surface area (Å²) in [4.78, 5) is 12.4. The summed E-state index contributed by atoms with van der Waals surface area (Å²) in [5, 5.41) is 0. The molecular formula is C15H23NO6SSi. The molecular weight excluding hydrogens is 350 g/mol. The van der Waals surface area contributed by atoms with Gasteiger partial charge in [0, 0.05) is 11.6 Å². The van der Waals surface area contributed by atoms with Gasteiger partial charge in [0.15, 0.2) is 14.4 Å². The quantitative estimate of drug-likeness (QED) is 0.579. The van der Waals surface area contributed by atoms with Crippen LogP contribution in [-0.4, -0.2) is 49.2 Å². The Balaban J connectivity index is 2.68. The van der Waals surface area contributed by atoms with E-state index in [1.165, 1.54) is 14.2 Å². The Morgan fingerprint density at radius 2 is 1.83 bits per heavy atom. The highest BCUT2D eigenvalue weighted by atomic mass is 32.2. The predicted molar refractivity (Wildman–Crippen MR) is 93.3 cm³/mol. The lowest BCUT2D eigenvalue weighted by Gasteiger charge is -2.30. The number of ether oxygens (including phenoxy) is 2. The van der Waals surface area contributed by atoms with E-state index in [0.717, 1.165) is 10.6 Å². The third kappa shape index (κ3) is 3.57. The molecule has 2 unspecified atom stereocenters. The maximum atomic E-state index is 12.4. The van der Waals surface area contributed by atoms with Crippen molar-refractivity contribution in [3.63, 3.8) is 0 Å². The lowest BCUT2D eigenvalue weighted by atomic mass is 10.1. The van der Waals surface area contributed by atoms with Crippen molar-refractivity contribution in [2.75, 3.05) is 24.8 Å². The van der Waals surface area contributed by atoms with Gasteiger partial charge in [0.25, 0.3) is 0 Å². The molecule has 1 heterocycles. The predicted octanol–water partition coefficient (Wildman–Crippen LogP) is 1.91. The number of fused-ring (bicyclic) bond motifs is 1. The number of carbonyl (C=O) groups is 1. The zero-order chi connectivity index (χ0) is 18.3. The van der Waals surface area contributed by atoms with E-state index < -0.39 is 36.5 Å². The first-order valence-corrected chi connectivity index (χ1v) is 12.7. The lowest BCUT2D eigenvalue weighted by molar-refractivity contribution is -0.144. The van der Waals surface area contributed by atoms with Gasteiger partial charge in [-0.25, -0.2) is 13.2 Å². The van der Waals surface area contributed by atoms with Gasteiger partial charge in [-0.2, -0.15) is 0 Å². The minimum absolute atomic E-state index is 0.385. The number of rotatable bonds is 5. The molecule has 2 atom stereocenters. The van der Waals surface area contributed by atoms with E-state index in [1.54, 1.807) is 18.2 Å². The summed E-state index contributed by atoms with van der Waals surface area (Å²) in [7, 11) is -3.05. The SMILES string of the molecule is COC(=O)C1C(O[Si](C)(C)C)c2ccc(OC)cc2N1S(C)(=O)=O. The Hall–Kier alpha value is -1.58. The van der Waals surface area contributed by atoms with Gasteiger partial charge in [-0.1, -0.05) is 6.07 Å². The number of hydrogen-bond acceptors (Lipinski definition) is 6. The molecule has 9 heteroatoms. The van der Waals surface area contributed by atoms with Gasteiger partial charge in [0.2, 0.25) is 10.0 Å². The van der Waals surface area contributed by atoms with E-state index >= 15 is 0 Å². The van der Waals surface area contributed by atoms with Crippen molar-refractivity contribution in [2.45, 2.75) is 31.8 Å². The number of sulfonamides is 1. The smallest absolute Gasteiger partial charge is 0.332 e. The molecule has 1 aliphatic heterocycles. The van der Waals surface area contributed by atoms with Gasteiger partial charge in [0.05, 0.1) is 26.2 Å². The summed E-state index contributed by atoms with van der Waals surface area (Å²) in [5.41, 5.74) is 1.02. The first-order chi connectivity index (χ1) is 11.0. The molecule has 134 valence electrons. The van der Waals surface area contributed by atoms with Crippen LogP contribution < -0.4 is 9.04 Å². The Bertz CT molecular complexity index is 743. The van der Waals surface area contributed by atoms with Crippen molar-refractivity contribution in [3.05, 3.63) is 23.8 Å². The minimum atomic E-state index is -3.72. The first kappa shape index (κ1) is 18.8. The fourth-order valence-corrected chi connectivity index (χ4v) is 4.90. The fraction of sp³-hybridized carbons (Fsp3) is 0.533. The van der Waals surface area contributed by atoms with Crippen molar-refractivity contribution in [1.29, 1.82) is 0 Å². The minimum Gasteiger partial charge on any atom is -0.497 e. The summed E-state index contributed by atoms with van der Waals surface area (Å²) in [6.07, 6.45) is 0.350. The highest BCUT2D eigenvalue weighted by Gasteiger charge is 2.49. The van der Waals surface area contributed by atoms with Crippen molar-refractivity contribution in [3.8, 4) is 5.75 Å². The molecule has 0 saturated heterocycles. The number of carbonyl (C=O) groups excluding carboxylic acids is 1. The molecule has 0 aliphatic carbocycles. The topological polar surface area (TPSA) is 82.1 Å². The van der Waals surface area contributed by atoms with Crippen molar-refractivity contribution >= 4 is 30.0 Å². The zero-order valence-corrected chi connectivity index (χ0v) is 16.5. The third-order valence-corrected chi connectivity index (χ3v) is 5.70. The van der Waals surface area contributed by atoms with Crippen molar-refractivity contribution in [2.24, 2.45) is 0 Å². The molecule has 1 aromatic rings. The largest absolute Gasteiger partial charge is 0.497 e. The van der Waals surface area contributed by atoms with Gasteiger partial charge in [-0.15, -0.1) is 0 Å². The molecule has 1 aliphatic rings. The molecule has 0 fully saturated rings. The molecule has 0 spiro atoms. The molecule has 0 radical (unpaired) electrons. The number of methoxy groups -OCH3 is 2. The van der Waals surface area contributed by atoms with Gasteiger partial charge in [-0.05, 0) is 25.7 Å². The number of hydrogen-bond donors (Lipinski definition) is 0. The second-order valence-electron chi connectivity index (χ2n) is 6.60. The average molecular weight is 374 g/mol. The Morgan fingerprint density at radius 1 is 1.21 bits per heavy atom. The summed E-state index contributed by atoms with van der Waals surface area (Å²) in [6, 6.07) is 3.97. The van der Waals surface area contributed by atoms with Crippen LogP contribution in [0.4, 0.5) is 5.69 Å². The lowest BCUT2D eigenvalue weighted by Crippen LogP contribution is -2.47. The normalized spacial score (nSPS) is 20.7. The molecule has 0 saturated carbocycles. The fourth-order valence-electron chi connectivity index (χ4n) is 2.76. The van der Waals surface area contributed by atoms with E-state index in [9.17, 15) is 13.2 Å². The molecule has 0 bridgehead atoms. The molecule has 0 N–H and O–H groups in total. The molecule has 0 aromatic heterocycles. The second kappa shape index (κ2) is 6.38. The van der Waals surface area contributed by atoms with Crippen LogP contribution in [0.5, 0.6) is 5.75 Å². The molecule has 0 amide bonds. The molecule has 24 heavy (non-hydrogen) atoms. The van der Waals surface area contributed by atoms with Crippen LogP contribution in [0, 0.1) is 0 Å².